The van der Waals surface area contributed by atoms with Crippen LogP contribution in [0.3, 0.4) is 0 Å². The fourth-order valence-corrected chi connectivity index (χ4v) is 1.79. The Labute approximate surface area is 109 Å². The molecule has 4 nitrogen and oxygen atoms in total. The molecule has 2 N–H and O–H groups in total. The van der Waals surface area contributed by atoms with Gasteiger partial charge in [-0.2, -0.15) is 0 Å². The van der Waals surface area contributed by atoms with Crippen LogP contribution in [0.2, 0.25) is 0 Å². The Morgan fingerprint density at radius 3 is 2.58 bits per heavy atom. The third-order valence-electron chi connectivity index (χ3n) is 2.72. The molecule has 0 radical (unpaired) electrons. The van der Waals surface area contributed by atoms with Crippen LogP contribution in [0.15, 0.2) is 24.5 Å². The summed E-state index contributed by atoms with van der Waals surface area (Å²) in [5.74, 6) is 0.0843. The van der Waals surface area contributed by atoms with Gasteiger partial charge in [-0.25, -0.2) is 18.7 Å². The summed E-state index contributed by atoms with van der Waals surface area (Å²) in [6.07, 6.45) is 2.03. The smallest absolute Gasteiger partial charge is 0.146 e. The lowest BCUT2D eigenvalue weighted by Crippen LogP contribution is -2.05. The normalized spacial score (nSPS) is 10.3. The average Bonchev–Trinajstić information content (AvgIpc) is 2.42. The number of aromatic nitrogens is 2. The molecule has 1 aromatic heterocycles. The van der Waals surface area contributed by atoms with E-state index < -0.39 is 11.6 Å². The molecule has 2 rings (SSSR count). The number of hydrogen-bond donors (Lipinski definition) is 2. The maximum atomic E-state index is 13.6. The van der Waals surface area contributed by atoms with E-state index in [9.17, 15) is 8.78 Å². The molecule has 0 amide bonds. The van der Waals surface area contributed by atoms with E-state index in [4.69, 9.17) is 0 Å². The van der Waals surface area contributed by atoms with E-state index in [1.807, 2.05) is 6.92 Å². The number of rotatable bonds is 4. The molecule has 0 saturated heterocycles. The number of hydrogen-bond acceptors (Lipinski definition) is 4. The van der Waals surface area contributed by atoms with Crippen LogP contribution in [0.1, 0.15) is 12.5 Å². The molecule has 19 heavy (non-hydrogen) atoms. The first-order chi connectivity index (χ1) is 9.15. The summed E-state index contributed by atoms with van der Waals surface area (Å²) in [5, 5.41) is 5.74. The van der Waals surface area contributed by atoms with E-state index in [2.05, 4.69) is 20.6 Å². The molecule has 1 heterocycles. The fraction of sp³-hybridized carbons (Fsp3) is 0.231. The van der Waals surface area contributed by atoms with Crippen molar-refractivity contribution in [1.29, 1.82) is 0 Å². The largest absolute Gasteiger partial charge is 0.373 e. The Bertz CT molecular complexity index is 587. The summed E-state index contributed by atoms with van der Waals surface area (Å²) in [7, 11) is 1.74. The summed E-state index contributed by atoms with van der Waals surface area (Å²) in [6.45, 7) is 1.94. The summed E-state index contributed by atoms with van der Waals surface area (Å²) >= 11 is 0. The molecule has 6 heteroatoms. The van der Waals surface area contributed by atoms with Crippen molar-refractivity contribution >= 4 is 17.3 Å². The number of nitrogens with one attached hydrogen (secondary N) is 2. The second kappa shape index (κ2) is 5.60. The molecule has 0 aliphatic rings. The zero-order valence-electron chi connectivity index (χ0n) is 10.7. The Morgan fingerprint density at radius 1 is 1.16 bits per heavy atom. The molecule has 2 aromatic rings. The number of halogens is 2. The van der Waals surface area contributed by atoms with Gasteiger partial charge >= 0.3 is 0 Å². The Kier molecular flexibility index (Phi) is 3.89. The molecular weight excluding hydrogens is 250 g/mol. The van der Waals surface area contributed by atoms with Gasteiger partial charge in [0.25, 0.3) is 0 Å². The van der Waals surface area contributed by atoms with Crippen molar-refractivity contribution in [3.8, 4) is 0 Å². The monoisotopic (exact) mass is 264 g/mol. The van der Waals surface area contributed by atoms with Crippen molar-refractivity contribution < 1.29 is 8.78 Å². The minimum atomic E-state index is -0.534. The first kappa shape index (κ1) is 13.2. The summed E-state index contributed by atoms with van der Waals surface area (Å²) < 4.78 is 26.7. The van der Waals surface area contributed by atoms with E-state index in [1.54, 1.807) is 7.05 Å². The minimum Gasteiger partial charge on any atom is -0.373 e. The molecule has 0 unspecified atom stereocenters. The molecule has 0 fully saturated rings. The third kappa shape index (κ3) is 2.78. The van der Waals surface area contributed by atoms with Crippen LogP contribution in [0, 0.1) is 11.6 Å². The molecule has 0 bridgehead atoms. The van der Waals surface area contributed by atoms with Crippen LogP contribution < -0.4 is 10.6 Å². The van der Waals surface area contributed by atoms with Gasteiger partial charge in [-0.05, 0) is 18.6 Å². The zero-order valence-corrected chi connectivity index (χ0v) is 10.7. The van der Waals surface area contributed by atoms with Gasteiger partial charge in [0.2, 0.25) is 0 Å². The van der Waals surface area contributed by atoms with E-state index in [1.165, 1.54) is 6.33 Å². The number of anilines is 3. The van der Waals surface area contributed by atoms with Gasteiger partial charge in [-0.1, -0.05) is 6.92 Å². The highest BCUT2D eigenvalue weighted by atomic mass is 19.1. The summed E-state index contributed by atoms with van der Waals surface area (Å²) in [4.78, 5) is 8.15. The molecule has 0 saturated carbocycles. The minimum absolute atomic E-state index is 0.0513. The van der Waals surface area contributed by atoms with Crippen LogP contribution in [0.4, 0.5) is 26.1 Å². The second-order valence-electron chi connectivity index (χ2n) is 3.90. The number of nitrogens with zero attached hydrogens (tertiary/aromatic N) is 2. The van der Waals surface area contributed by atoms with Crippen molar-refractivity contribution in [2.75, 3.05) is 17.7 Å². The van der Waals surface area contributed by atoms with Crippen LogP contribution in [0.25, 0.3) is 0 Å². The highest BCUT2D eigenvalue weighted by molar-refractivity contribution is 5.65. The first-order valence-corrected chi connectivity index (χ1v) is 5.89. The van der Waals surface area contributed by atoms with E-state index >= 15 is 0 Å². The topological polar surface area (TPSA) is 49.8 Å². The van der Waals surface area contributed by atoms with Gasteiger partial charge in [0, 0.05) is 18.7 Å². The van der Waals surface area contributed by atoms with Gasteiger partial charge in [-0.15, -0.1) is 0 Å². The van der Waals surface area contributed by atoms with Crippen molar-refractivity contribution in [2.24, 2.45) is 0 Å². The average molecular weight is 264 g/mol. The predicted molar refractivity (Wildman–Crippen MR) is 70.6 cm³/mol. The van der Waals surface area contributed by atoms with Crippen molar-refractivity contribution in [1.82, 2.24) is 9.97 Å². The Balaban J connectivity index is 2.40. The van der Waals surface area contributed by atoms with E-state index in [-0.39, 0.29) is 5.69 Å². The van der Waals surface area contributed by atoms with E-state index in [0.717, 1.165) is 23.8 Å². The molecule has 0 spiro atoms. The summed E-state index contributed by atoms with van der Waals surface area (Å²) in [6, 6.07) is 3.24. The standard InChI is InChI=1S/C13H14F2N4/c1-3-9-12(16-2)17-7-18-13(9)19-11-6-8(14)4-5-10(11)15/h4-7H,3H2,1-2H3,(H2,16,17,18,19). The molecule has 0 aliphatic heterocycles. The quantitative estimate of drug-likeness (QED) is 0.891. The fourth-order valence-electron chi connectivity index (χ4n) is 1.79. The summed E-state index contributed by atoms with van der Waals surface area (Å²) in [5.41, 5.74) is 0.865. The second-order valence-corrected chi connectivity index (χ2v) is 3.90. The van der Waals surface area contributed by atoms with Crippen LogP contribution in [-0.4, -0.2) is 17.0 Å². The molecule has 1 aromatic carbocycles. The maximum absolute atomic E-state index is 13.6. The van der Waals surface area contributed by atoms with Gasteiger partial charge < -0.3 is 10.6 Å². The highest BCUT2D eigenvalue weighted by Gasteiger charge is 2.11. The highest BCUT2D eigenvalue weighted by Crippen LogP contribution is 2.25. The molecule has 0 atom stereocenters. The lowest BCUT2D eigenvalue weighted by atomic mass is 10.2. The predicted octanol–water partition coefficient (Wildman–Crippen LogP) is 3.10. The third-order valence-corrected chi connectivity index (χ3v) is 2.72. The Hall–Kier alpha value is -2.24. The van der Waals surface area contributed by atoms with E-state index in [0.29, 0.717) is 18.1 Å². The van der Waals surface area contributed by atoms with Crippen molar-refractivity contribution in [3.05, 3.63) is 41.7 Å². The number of benzene rings is 1. The first-order valence-electron chi connectivity index (χ1n) is 5.89. The maximum Gasteiger partial charge on any atom is 0.146 e. The van der Waals surface area contributed by atoms with Gasteiger partial charge in [0.1, 0.15) is 29.6 Å². The van der Waals surface area contributed by atoms with Gasteiger partial charge in [0.15, 0.2) is 0 Å². The van der Waals surface area contributed by atoms with Gasteiger partial charge in [-0.3, -0.25) is 0 Å². The van der Waals surface area contributed by atoms with Crippen LogP contribution in [-0.2, 0) is 6.42 Å². The Morgan fingerprint density at radius 2 is 1.89 bits per heavy atom. The van der Waals surface area contributed by atoms with Crippen molar-refractivity contribution in [3.63, 3.8) is 0 Å². The van der Waals surface area contributed by atoms with Gasteiger partial charge in [0.05, 0.1) is 5.69 Å². The van der Waals surface area contributed by atoms with Crippen LogP contribution >= 0.6 is 0 Å². The van der Waals surface area contributed by atoms with Crippen molar-refractivity contribution in [2.45, 2.75) is 13.3 Å². The zero-order chi connectivity index (χ0) is 13.8. The van der Waals surface area contributed by atoms with Crippen LogP contribution in [0.5, 0.6) is 0 Å². The molecule has 100 valence electrons. The lowest BCUT2D eigenvalue weighted by molar-refractivity contribution is 0.603. The lowest BCUT2D eigenvalue weighted by Gasteiger charge is -2.13. The SMILES string of the molecule is CCc1c(NC)ncnc1Nc1cc(F)ccc1F. The molecular formula is C13H14F2N4. The molecule has 0 aliphatic carbocycles.